The summed E-state index contributed by atoms with van der Waals surface area (Å²) < 4.78 is 10.6. The second-order valence-corrected chi connectivity index (χ2v) is 4.45. The van der Waals surface area contributed by atoms with Gasteiger partial charge in [0.1, 0.15) is 0 Å². The van der Waals surface area contributed by atoms with Gasteiger partial charge in [-0.2, -0.15) is 0 Å². The standard InChI is InChI=1S/C12H14N2O6/c15-12(16)9-1-2-10(14(17)18)11(13-9)20-7-8-3-5-19-6-4-8/h1-2,8H,3-7H2,(H,15,16). The molecule has 1 aromatic heterocycles. The van der Waals surface area contributed by atoms with Crippen molar-refractivity contribution < 1.29 is 24.3 Å². The molecule has 8 heteroatoms. The van der Waals surface area contributed by atoms with E-state index in [0.29, 0.717) is 13.2 Å². The Morgan fingerprint density at radius 2 is 2.20 bits per heavy atom. The molecule has 1 fully saturated rings. The van der Waals surface area contributed by atoms with E-state index in [-0.39, 0.29) is 29.8 Å². The van der Waals surface area contributed by atoms with Crippen LogP contribution in [0.3, 0.4) is 0 Å². The van der Waals surface area contributed by atoms with Gasteiger partial charge in [-0.25, -0.2) is 9.78 Å². The van der Waals surface area contributed by atoms with Gasteiger partial charge in [-0.3, -0.25) is 10.1 Å². The molecule has 20 heavy (non-hydrogen) atoms. The van der Waals surface area contributed by atoms with Gasteiger partial charge >= 0.3 is 11.7 Å². The Labute approximate surface area is 114 Å². The van der Waals surface area contributed by atoms with Crippen molar-refractivity contribution in [2.24, 2.45) is 5.92 Å². The maximum Gasteiger partial charge on any atom is 0.354 e. The molecular formula is C12H14N2O6. The smallest absolute Gasteiger partial charge is 0.354 e. The minimum Gasteiger partial charge on any atom is -0.477 e. The molecule has 0 unspecified atom stereocenters. The van der Waals surface area contributed by atoms with Crippen LogP contribution in [0, 0.1) is 16.0 Å². The number of aromatic carboxylic acids is 1. The van der Waals surface area contributed by atoms with Gasteiger partial charge < -0.3 is 14.6 Å². The SMILES string of the molecule is O=C(O)c1ccc([N+](=O)[O-])c(OCC2CCOCC2)n1. The molecule has 1 saturated heterocycles. The maximum absolute atomic E-state index is 10.9. The number of nitro groups is 1. The van der Waals surface area contributed by atoms with E-state index in [2.05, 4.69) is 4.98 Å². The first kappa shape index (κ1) is 14.2. The summed E-state index contributed by atoms with van der Waals surface area (Å²) in [6, 6.07) is 2.18. The van der Waals surface area contributed by atoms with Crippen LogP contribution in [0.15, 0.2) is 12.1 Å². The zero-order valence-corrected chi connectivity index (χ0v) is 10.7. The van der Waals surface area contributed by atoms with Crippen molar-refractivity contribution in [1.82, 2.24) is 4.98 Å². The van der Waals surface area contributed by atoms with E-state index in [1.165, 1.54) is 0 Å². The molecule has 1 aliphatic heterocycles. The van der Waals surface area contributed by atoms with Gasteiger partial charge in [0.25, 0.3) is 5.88 Å². The van der Waals surface area contributed by atoms with E-state index < -0.39 is 10.9 Å². The predicted molar refractivity (Wildman–Crippen MR) is 66.9 cm³/mol. The Morgan fingerprint density at radius 3 is 2.80 bits per heavy atom. The average molecular weight is 282 g/mol. The summed E-state index contributed by atoms with van der Waals surface area (Å²) in [5.41, 5.74) is -0.611. The molecule has 0 amide bonds. The molecule has 0 spiro atoms. The van der Waals surface area contributed by atoms with E-state index in [9.17, 15) is 14.9 Å². The highest BCUT2D eigenvalue weighted by Crippen LogP contribution is 2.26. The molecule has 2 heterocycles. The molecule has 1 aromatic rings. The summed E-state index contributed by atoms with van der Waals surface area (Å²) in [5.74, 6) is -1.27. The summed E-state index contributed by atoms with van der Waals surface area (Å²) in [4.78, 5) is 24.8. The van der Waals surface area contributed by atoms with Crippen LogP contribution in [0.2, 0.25) is 0 Å². The second-order valence-electron chi connectivity index (χ2n) is 4.45. The maximum atomic E-state index is 10.9. The average Bonchev–Trinajstić information content (AvgIpc) is 2.45. The number of hydrogen-bond acceptors (Lipinski definition) is 6. The third-order valence-corrected chi connectivity index (χ3v) is 3.05. The minimum absolute atomic E-state index is 0.235. The second kappa shape index (κ2) is 6.29. The van der Waals surface area contributed by atoms with Crippen LogP contribution >= 0.6 is 0 Å². The van der Waals surface area contributed by atoms with Gasteiger partial charge in [0.2, 0.25) is 0 Å². The summed E-state index contributed by atoms with van der Waals surface area (Å²) in [7, 11) is 0. The van der Waals surface area contributed by atoms with Crippen molar-refractivity contribution in [1.29, 1.82) is 0 Å². The first-order chi connectivity index (χ1) is 9.58. The Balaban J connectivity index is 2.12. The zero-order valence-electron chi connectivity index (χ0n) is 10.7. The first-order valence-corrected chi connectivity index (χ1v) is 6.17. The lowest BCUT2D eigenvalue weighted by Gasteiger charge is -2.21. The van der Waals surface area contributed by atoms with Gasteiger partial charge in [-0.05, 0) is 24.8 Å². The highest BCUT2D eigenvalue weighted by atomic mass is 16.6. The number of rotatable bonds is 5. The molecule has 108 valence electrons. The highest BCUT2D eigenvalue weighted by Gasteiger charge is 2.22. The van der Waals surface area contributed by atoms with Crippen molar-refractivity contribution in [2.45, 2.75) is 12.8 Å². The van der Waals surface area contributed by atoms with Crippen molar-refractivity contribution in [3.63, 3.8) is 0 Å². The lowest BCUT2D eigenvalue weighted by atomic mass is 10.0. The molecule has 0 radical (unpaired) electrons. The fourth-order valence-electron chi connectivity index (χ4n) is 1.91. The van der Waals surface area contributed by atoms with Crippen molar-refractivity contribution >= 4 is 11.7 Å². The third-order valence-electron chi connectivity index (χ3n) is 3.05. The topological polar surface area (TPSA) is 112 Å². The summed E-state index contributed by atoms with van der Waals surface area (Å²) >= 11 is 0. The Hall–Kier alpha value is -2.22. The molecule has 1 N–H and O–H groups in total. The number of carbonyl (C=O) groups is 1. The van der Waals surface area contributed by atoms with E-state index >= 15 is 0 Å². The van der Waals surface area contributed by atoms with E-state index in [4.69, 9.17) is 14.6 Å². The number of ether oxygens (including phenoxy) is 2. The van der Waals surface area contributed by atoms with Crippen LogP contribution in [-0.4, -0.2) is 40.8 Å². The van der Waals surface area contributed by atoms with Crippen molar-refractivity contribution in [3.05, 3.63) is 27.9 Å². The predicted octanol–water partition coefficient (Wildman–Crippen LogP) is 1.49. The largest absolute Gasteiger partial charge is 0.477 e. The monoisotopic (exact) mass is 282 g/mol. The Kier molecular flexibility index (Phi) is 4.46. The van der Waals surface area contributed by atoms with Crippen LogP contribution in [-0.2, 0) is 4.74 Å². The normalized spacial score (nSPS) is 15.8. The fraction of sp³-hybridized carbons (Fsp3) is 0.500. The number of carboxylic acids is 1. The number of carboxylic acid groups (broad SMARTS) is 1. The van der Waals surface area contributed by atoms with Crippen molar-refractivity contribution in [2.75, 3.05) is 19.8 Å². The highest BCUT2D eigenvalue weighted by molar-refractivity contribution is 5.85. The summed E-state index contributed by atoms with van der Waals surface area (Å²) in [5, 5.41) is 19.7. The van der Waals surface area contributed by atoms with Gasteiger partial charge in [-0.1, -0.05) is 0 Å². The van der Waals surface area contributed by atoms with E-state index in [1.807, 2.05) is 0 Å². The van der Waals surface area contributed by atoms with Gasteiger partial charge in [-0.15, -0.1) is 0 Å². The number of hydrogen-bond donors (Lipinski definition) is 1. The van der Waals surface area contributed by atoms with Crippen molar-refractivity contribution in [3.8, 4) is 5.88 Å². The van der Waals surface area contributed by atoms with Crippen LogP contribution in [0.4, 0.5) is 5.69 Å². The fourth-order valence-corrected chi connectivity index (χ4v) is 1.91. The van der Waals surface area contributed by atoms with Gasteiger partial charge in [0, 0.05) is 19.3 Å². The molecule has 8 nitrogen and oxygen atoms in total. The van der Waals surface area contributed by atoms with Gasteiger partial charge in [0.05, 0.1) is 11.5 Å². The lowest BCUT2D eigenvalue weighted by Crippen LogP contribution is -2.22. The van der Waals surface area contributed by atoms with Crippen LogP contribution < -0.4 is 4.74 Å². The van der Waals surface area contributed by atoms with Crippen LogP contribution in [0.25, 0.3) is 0 Å². The summed E-state index contributed by atoms with van der Waals surface area (Å²) in [6.07, 6.45) is 1.62. The molecule has 0 bridgehead atoms. The molecule has 0 saturated carbocycles. The van der Waals surface area contributed by atoms with E-state index in [0.717, 1.165) is 25.0 Å². The van der Waals surface area contributed by atoms with Gasteiger partial charge in [0.15, 0.2) is 5.69 Å². The van der Waals surface area contributed by atoms with E-state index in [1.54, 1.807) is 0 Å². The lowest BCUT2D eigenvalue weighted by molar-refractivity contribution is -0.386. The quantitative estimate of drug-likeness (QED) is 0.643. The zero-order chi connectivity index (χ0) is 14.5. The Morgan fingerprint density at radius 1 is 1.50 bits per heavy atom. The first-order valence-electron chi connectivity index (χ1n) is 6.17. The third kappa shape index (κ3) is 3.41. The molecule has 0 aliphatic carbocycles. The number of nitrogens with zero attached hydrogens (tertiary/aromatic N) is 2. The number of aromatic nitrogens is 1. The molecule has 2 rings (SSSR count). The minimum atomic E-state index is -1.25. The van der Waals surface area contributed by atoms with Crippen LogP contribution in [0.1, 0.15) is 23.3 Å². The summed E-state index contributed by atoms with van der Waals surface area (Å²) in [6.45, 7) is 1.54. The molecule has 1 aliphatic rings. The van der Waals surface area contributed by atoms with Crippen LogP contribution in [0.5, 0.6) is 5.88 Å². The molecule has 0 atom stereocenters. The molecule has 0 aromatic carbocycles. The number of pyridine rings is 1. The molecular weight excluding hydrogens is 268 g/mol. The Bertz CT molecular complexity index is 513.